The van der Waals surface area contributed by atoms with Crippen LogP contribution in [-0.4, -0.2) is 60.1 Å². The number of rotatable bonds is 5. The van der Waals surface area contributed by atoms with Gasteiger partial charge in [-0.2, -0.15) is 0 Å². The van der Waals surface area contributed by atoms with Crippen LogP contribution in [0.1, 0.15) is 24.5 Å². The van der Waals surface area contributed by atoms with Gasteiger partial charge in [-0.15, -0.1) is 0 Å². The fourth-order valence-electron chi connectivity index (χ4n) is 1.22. The van der Waals surface area contributed by atoms with Gasteiger partial charge in [-0.05, 0) is 6.92 Å². The quantitative estimate of drug-likeness (QED) is 0.208. The highest BCUT2D eigenvalue weighted by Gasteiger charge is 2.27. The van der Waals surface area contributed by atoms with Crippen LogP contribution in [0.3, 0.4) is 0 Å². The fourth-order valence-corrected chi connectivity index (χ4v) is 1.22. The molecule has 0 aliphatic rings. The summed E-state index contributed by atoms with van der Waals surface area (Å²) in [6.07, 6.45) is -3.18. The topological polar surface area (TPSA) is 142 Å². The lowest BCUT2D eigenvalue weighted by Crippen LogP contribution is -2.34. The Morgan fingerprint density at radius 3 is 2.65 bits per heavy atom. The lowest BCUT2D eigenvalue weighted by Gasteiger charge is -2.20. The van der Waals surface area contributed by atoms with Crippen molar-refractivity contribution < 1.29 is 25.6 Å². The second-order valence-electron chi connectivity index (χ2n) is 3.56. The Morgan fingerprint density at radius 1 is 1.47 bits per heavy atom. The molecule has 0 saturated carbocycles. The van der Waals surface area contributed by atoms with Crippen molar-refractivity contribution in [1.29, 1.82) is 0 Å². The minimum absolute atomic E-state index is 0.142. The molecule has 0 bridgehead atoms. The Hall–Kier alpha value is -1.48. The monoisotopic (exact) mass is 245 g/mol. The van der Waals surface area contributed by atoms with Gasteiger partial charge in [0.05, 0.1) is 18.5 Å². The second-order valence-corrected chi connectivity index (χ2v) is 3.56. The van der Waals surface area contributed by atoms with Crippen LogP contribution in [0.15, 0.2) is 11.4 Å². The highest BCUT2D eigenvalue weighted by Crippen LogP contribution is 2.17. The van der Waals surface area contributed by atoms with Crippen molar-refractivity contribution in [3.05, 3.63) is 17.7 Å². The van der Waals surface area contributed by atoms with Crippen molar-refractivity contribution in [1.82, 2.24) is 9.97 Å². The molecule has 0 saturated heterocycles. The normalized spacial score (nSPS) is 17.8. The molecule has 0 amide bonds. The molecule has 0 spiro atoms. The number of imidazole rings is 1. The van der Waals surface area contributed by atoms with E-state index in [9.17, 15) is 10.2 Å². The van der Waals surface area contributed by atoms with E-state index in [0.29, 0.717) is 0 Å². The number of H-pyrrole nitrogens is 1. The van der Waals surface area contributed by atoms with E-state index in [1.165, 1.54) is 13.1 Å². The number of nitrogens with zero attached hydrogens (tertiary/aromatic N) is 2. The van der Waals surface area contributed by atoms with E-state index in [0.717, 1.165) is 0 Å². The molecule has 96 valence electrons. The van der Waals surface area contributed by atoms with E-state index in [1.54, 1.807) is 0 Å². The van der Waals surface area contributed by atoms with Gasteiger partial charge in [-0.3, -0.25) is 0 Å². The minimum atomic E-state index is -1.54. The van der Waals surface area contributed by atoms with Gasteiger partial charge in [-0.1, -0.05) is 5.16 Å². The molecule has 1 aromatic heterocycles. The highest BCUT2D eigenvalue weighted by atomic mass is 16.4. The molecule has 1 rings (SSSR count). The van der Waals surface area contributed by atoms with Crippen molar-refractivity contribution >= 4 is 5.71 Å². The first-order valence-electron chi connectivity index (χ1n) is 4.90. The van der Waals surface area contributed by atoms with E-state index in [1.807, 2.05) is 0 Å². The Morgan fingerprint density at radius 2 is 2.12 bits per heavy atom. The third-order valence-corrected chi connectivity index (χ3v) is 2.31. The summed E-state index contributed by atoms with van der Waals surface area (Å²) in [5.74, 6) is 0.229. The first-order valence-corrected chi connectivity index (χ1v) is 4.90. The van der Waals surface area contributed by atoms with E-state index in [2.05, 4.69) is 15.1 Å². The zero-order valence-electron chi connectivity index (χ0n) is 9.15. The summed E-state index contributed by atoms with van der Waals surface area (Å²) in [6.45, 7) is 0.824. The van der Waals surface area contributed by atoms with Crippen LogP contribution in [0, 0.1) is 0 Å². The summed E-state index contributed by atoms with van der Waals surface area (Å²) < 4.78 is 0. The van der Waals surface area contributed by atoms with E-state index < -0.39 is 24.9 Å². The molecule has 0 aromatic carbocycles. The summed E-state index contributed by atoms with van der Waals surface area (Å²) in [7, 11) is 0. The molecule has 0 fully saturated rings. The molecule has 1 heterocycles. The Kier molecular flexibility index (Phi) is 4.58. The highest BCUT2D eigenvalue weighted by molar-refractivity contribution is 5.94. The molecule has 0 radical (unpaired) electrons. The number of aliphatic hydroxyl groups excluding tert-OH is 4. The van der Waals surface area contributed by atoms with Crippen LogP contribution < -0.4 is 0 Å². The van der Waals surface area contributed by atoms with Crippen LogP contribution in [0.2, 0.25) is 0 Å². The van der Waals surface area contributed by atoms with Gasteiger partial charge in [0.2, 0.25) is 0 Å². The van der Waals surface area contributed by atoms with Gasteiger partial charge in [-0.25, -0.2) is 4.98 Å². The Labute approximate surface area is 96.9 Å². The predicted octanol–water partition coefficient (Wildman–Crippen LogP) is -1.64. The molecular weight excluding hydrogens is 230 g/mol. The number of hydrogen-bond acceptors (Lipinski definition) is 7. The largest absolute Gasteiger partial charge is 0.411 e. The van der Waals surface area contributed by atoms with Gasteiger partial charge < -0.3 is 30.6 Å². The molecule has 8 heteroatoms. The molecule has 8 nitrogen and oxygen atoms in total. The molecular formula is C9H15N3O5. The fraction of sp³-hybridized carbons (Fsp3) is 0.556. The third-order valence-electron chi connectivity index (χ3n) is 2.31. The lowest BCUT2D eigenvalue weighted by atomic mass is 10.1. The van der Waals surface area contributed by atoms with E-state index in [4.69, 9.17) is 15.4 Å². The van der Waals surface area contributed by atoms with Gasteiger partial charge in [0.15, 0.2) is 5.82 Å². The molecule has 0 aliphatic heterocycles. The minimum Gasteiger partial charge on any atom is -0.411 e. The standard InChI is InChI=1S/C9H15N3O5/c1-4(12-17)9-10-2-5(11-9)7(15)8(16)6(14)3-13/h2,6-8,13-17H,3H2,1H3,(H,10,11)/b12-4-/t6-,7-,8-/m1/s1. The van der Waals surface area contributed by atoms with Crippen LogP contribution in [0.4, 0.5) is 0 Å². The lowest BCUT2D eigenvalue weighted by molar-refractivity contribution is -0.0788. The second kappa shape index (κ2) is 5.73. The summed E-state index contributed by atoms with van der Waals surface area (Å²) in [6, 6.07) is 0. The number of nitrogens with one attached hydrogen (secondary N) is 1. The smallest absolute Gasteiger partial charge is 0.155 e. The zero-order valence-corrected chi connectivity index (χ0v) is 9.15. The van der Waals surface area contributed by atoms with Crippen molar-refractivity contribution in [2.75, 3.05) is 6.61 Å². The molecule has 0 unspecified atom stereocenters. The number of oxime groups is 1. The van der Waals surface area contributed by atoms with Gasteiger partial charge in [0, 0.05) is 0 Å². The molecule has 6 N–H and O–H groups in total. The van der Waals surface area contributed by atoms with Crippen molar-refractivity contribution in [2.45, 2.75) is 25.2 Å². The van der Waals surface area contributed by atoms with E-state index >= 15 is 0 Å². The predicted molar refractivity (Wildman–Crippen MR) is 56.6 cm³/mol. The maximum Gasteiger partial charge on any atom is 0.155 e. The zero-order chi connectivity index (χ0) is 13.0. The Bertz CT molecular complexity index is 392. The first-order chi connectivity index (χ1) is 8.01. The SMILES string of the molecule is C/C(=N/O)c1ncc([C@@H](O)[C@H](O)[C@H](O)CO)[nH]1. The number of aromatic amines is 1. The van der Waals surface area contributed by atoms with Gasteiger partial charge in [0.25, 0.3) is 0 Å². The van der Waals surface area contributed by atoms with Crippen molar-refractivity contribution in [2.24, 2.45) is 5.16 Å². The van der Waals surface area contributed by atoms with Crippen molar-refractivity contribution in [3.63, 3.8) is 0 Å². The molecule has 3 atom stereocenters. The number of aromatic nitrogens is 2. The first kappa shape index (κ1) is 13.6. The summed E-state index contributed by atoms with van der Waals surface area (Å²) in [5, 5.41) is 48.3. The number of aliphatic hydroxyl groups is 4. The Balaban J connectivity index is 2.83. The summed E-state index contributed by atoms with van der Waals surface area (Å²) in [5.41, 5.74) is 0.351. The van der Waals surface area contributed by atoms with Crippen LogP contribution in [0.25, 0.3) is 0 Å². The summed E-state index contributed by atoms with van der Waals surface area (Å²) >= 11 is 0. The van der Waals surface area contributed by atoms with Gasteiger partial charge >= 0.3 is 0 Å². The van der Waals surface area contributed by atoms with Gasteiger partial charge in [0.1, 0.15) is 24.0 Å². The molecule has 1 aromatic rings. The average Bonchev–Trinajstić information content (AvgIpc) is 2.84. The maximum absolute atomic E-state index is 9.66. The molecule has 17 heavy (non-hydrogen) atoms. The average molecular weight is 245 g/mol. The summed E-state index contributed by atoms with van der Waals surface area (Å²) in [4.78, 5) is 6.43. The molecule has 0 aliphatic carbocycles. The third kappa shape index (κ3) is 3.01. The van der Waals surface area contributed by atoms with Crippen molar-refractivity contribution in [3.8, 4) is 0 Å². The maximum atomic E-state index is 9.66. The van der Waals surface area contributed by atoms with Crippen LogP contribution in [0.5, 0.6) is 0 Å². The van der Waals surface area contributed by atoms with Crippen LogP contribution in [-0.2, 0) is 0 Å². The van der Waals surface area contributed by atoms with E-state index in [-0.39, 0.29) is 17.2 Å². The number of hydrogen-bond donors (Lipinski definition) is 6. The van der Waals surface area contributed by atoms with Crippen LogP contribution >= 0.6 is 0 Å².